The molecular formula is C9H17NO2. The molecule has 1 saturated heterocycles. The van der Waals surface area contributed by atoms with Gasteiger partial charge in [0.25, 0.3) is 0 Å². The number of nitrogens with one attached hydrogen (secondary N) is 1. The van der Waals surface area contributed by atoms with Crippen LogP contribution in [0.3, 0.4) is 0 Å². The summed E-state index contributed by atoms with van der Waals surface area (Å²) in [6.07, 6.45) is 2.64. The molecule has 0 spiro atoms. The second kappa shape index (κ2) is 3.54. The first kappa shape index (κ1) is 9.68. The quantitative estimate of drug-likeness (QED) is 0.588. The predicted octanol–water partition coefficient (Wildman–Crippen LogP) is 0.324. The van der Waals surface area contributed by atoms with Crippen molar-refractivity contribution >= 4 is 6.29 Å². The van der Waals surface area contributed by atoms with Gasteiger partial charge < -0.3 is 15.2 Å². The second-order valence-corrected chi connectivity index (χ2v) is 3.98. The molecule has 2 N–H and O–H groups in total. The van der Waals surface area contributed by atoms with Gasteiger partial charge in [-0.1, -0.05) is 6.92 Å². The molecule has 1 rings (SSSR count). The minimum atomic E-state index is -1.20. The Balaban J connectivity index is 2.56. The van der Waals surface area contributed by atoms with E-state index in [9.17, 15) is 9.90 Å². The first-order valence-electron chi connectivity index (χ1n) is 4.48. The summed E-state index contributed by atoms with van der Waals surface area (Å²) in [7, 11) is 0. The highest BCUT2D eigenvalue weighted by molar-refractivity contribution is 5.62. The Morgan fingerprint density at radius 1 is 1.67 bits per heavy atom. The Morgan fingerprint density at radius 2 is 2.33 bits per heavy atom. The lowest BCUT2D eigenvalue weighted by molar-refractivity contribution is -0.126. The van der Waals surface area contributed by atoms with Crippen molar-refractivity contribution in [3.8, 4) is 0 Å². The summed E-state index contributed by atoms with van der Waals surface area (Å²) >= 11 is 0. The molecular weight excluding hydrogens is 154 g/mol. The molecule has 0 amide bonds. The van der Waals surface area contributed by atoms with Crippen molar-refractivity contribution < 1.29 is 9.90 Å². The van der Waals surface area contributed by atoms with Gasteiger partial charge in [0.1, 0.15) is 5.60 Å². The molecule has 0 aliphatic carbocycles. The Kier molecular flexibility index (Phi) is 2.85. The van der Waals surface area contributed by atoms with Crippen LogP contribution in [0.5, 0.6) is 0 Å². The number of rotatable bonds is 2. The summed E-state index contributed by atoms with van der Waals surface area (Å²) in [4.78, 5) is 10.5. The van der Waals surface area contributed by atoms with Crippen molar-refractivity contribution in [1.29, 1.82) is 0 Å². The summed E-state index contributed by atoms with van der Waals surface area (Å²) in [5.74, 6) is 0.600. The molecule has 3 atom stereocenters. The molecule has 3 heteroatoms. The Bertz CT molecular complexity index is 168. The Morgan fingerprint density at radius 3 is 2.83 bits per heavy atom. The number of hydrogen-bond acceptors (Lipinski definition) is 3. The van der Waals surface area contributed by atoms with Crippen molar-refractivity contribution in [1.82, 2.24) is 5.32 Å². The van der Waals surface area contributed by atoms with E-state index in [1.54, 1.807) is 6.92 Å². The summed E-state index contributed by atoms with van der Waals surface area (Å²) in [5.41, 5.74) is -1.20. The zero-order valence-electron chi connectivity index (χ0n) is 7.71. The first-order chi connectivity index (χ1) is 5.56. The minimum Gasteiger partial charge on any atom is -0.381 e. The molecule has 0 aromatic rings. The van der Waals surface area contributed by atoms with E-state index in [-0.39, 0.29) is 6.04 Å². The third-order valence-corrected chi connectivity index (χ3v) is 2.61. The highest BCUT2D eigenvalue weighted by atomic mass is 16.3. The average Bonchev–Trinajstić information content (AvgIpc) is 2.05. The molecule has 1 heterocycles. The van der Waals surface area contributed by atoms with Gasteiger partial charge >= 0.3 is 0 Å². The summed E-state index contributed by atoms with van der Waals surface area (Å²) < 4.78 is 0. The topological polar surface area (TPSA) is 49.3 Å². The fourth-order valence-electron chi connectivity index (χ4n) is 1.63. The molecule has 0 bridgehead atoms. The number of hydrogen-bond donors (Lipinski definition) is 2. The van der Waals surface area contributed by atoms with Gasteiger partial charge in [-0.15, -0.1) is 0 Å². The van der Waals surface area contributed by atoms with Gasteiger partial charge in [0.15, 0.2) is 6.29 Å². The maximum absolute atomic E-state index is 10.5. The van der Waals surface area contributed by atoms with Gasteiger partial charge in [-0.3, -0.25) is 0 Å². The molecule has 1 aliphatic rings. The molecule has 3 unspecified atom stereocenters. The van der Waals surface area contributed by atoms with Crippen LogP contribution in [0.4, 0.5) is 0 Å². The summed E-state index contributed by atoms with van der Waals surface area (Å²) in [6, 6.07) is -0.0706. The number of carbonyl (C=O) groups is 1. The van der Waals surface area contributed by atoms with Crippen LogP contribution in [0.15, 0.2) is 0 Å². The Labute approximate surface area is 73.2 Å². The highest BCUT2D eigenvalue weighted by Gasteiger charge is 2.34. The molecule has 0 aromatic heterocycles. The SMILES string of the molecule is CC1CCNC(C(C)(O)C=O)C1. The maximum atomic E-state index is 10.5. The van der Waals surface area contributed by atoms with Crippen LogP contribution in [0.2, 0.25) is 0 Å². The first-order valence-corrected chi connectivity index (χ1v) is 4.48. The smallest absolute Gasteiger partial charge is 0.152 e. The third-order valence-electron chi connectivity index (χ3n) is 2.61. The molecule has 12 heavy (non-hydrogen) atoms. The minimum absolute atomic E-state index is 0.0706. The van der Waals surface area contributed by atoms with Crippen LogP contribution in [-0.4, -0.2) is 29.6 Å². The second-order valence-electron chi connectivity index (χ2n) is 3.98. The number of aldehydes is 1. The van der Waals surface area contributed by atoms with Crippen molar-refractivity contribution in [2.75, 3.05) is 6.54 Å². The van der Waals surface area contributed by atoms with Gasteiger partial charge in [-0.25, -0.2) is 0 Å². The number of aliphatic hydroxyl groups is 1. The normalized spacial score (nSPS) is 35.6. The van der Waals surface area contributed by atoms with Gasteiger partial charge in [-0.2, -0.15) is 0 Å². The maximum Gasteiger partial charge on any atom is 0.152 e. The van der Waals surface area contributed by atoms with Crippen molar-refractivity contribution in [3.63, 3.8) is 0 Å². The van der Waals surface area contributed by atoms with Crippen LogP contribution in [0, 0.1) is 5.92 Å². The Hall–Kier alpha value is -0.410. The third kappa shape index (κ3) is 2.05. The van der Waals surface area contributed by atoms with Crippen molar-refractivity contribution in [3.05, 3.63) is 0 Å². The van der Waals surface area contributed by atoms with Crippen molar-refractivity contribution in [2.45, 2.75) is 38.3 Å². The molecule has 0 saturated carbocycles. The zero-order chi connectivity index (χ0) is 9.19. The van der Waals surface area contributed by atoms with Crippen LogP contribution >= 0.6 is 0 Å². The number of carbonyl (C=O) groups excluding carboxylic acids is 1. The van der Waals surface area contributed by atoms with E-state index in [1.165, 1.54) is 0 Å². The van der Waals surface area contributed by atoms with E-state index in [1.807, 2.05) is 0 Å². The van der Waals surface area contributed by atoms with Crippen LogP contribution in [-0.2, 0) is 4.79 Å². The molecule has 1 aliphatic heterocycles. The van der Waals surface area contributed by atoms with E-state index < -0.39 is 5.60 Å². The van der Waals surface area contributed by atoms with Gasteiger partial charge in [0.05, 0.1) is 0 Å². The van der Waals surface area contributed by atoms with Crippen LogP contribution in [0.1, 0.15) is 26.7 Å². The average molecular weight is 171 g/mol. The fourth-order valence-corrected chi connectivity index (χ4v) is 1.63. The lowest BCUT2D eigenvalue weighted by atomic mass is 9.85. The van der Waals surface area contributed by atoms with E-state index in [2.05, 4.69) is 12.2 Å². The standard InChI is InChI=1S/C9H17NO2/c1-7-3-4-10-8(5-7)9(2,12)6-11/h6-8,10,12H,3-5H2,1-2H3. The van der Waals surface area contributed by atoms with Crippen molar-refractivity contribution in [2.24, 2.45) is 5.92 Å². The van der Waals surface area contributed by atoms with E-state index in [0.717, 1.165) is 19.4 Å². The van der Waals surface area contributed by atoms with Gasteiger partial charge in [0, 0.05) is 6.04 Å². The van der Waals surface area contributed by atoms with Crippen LogP contribution < -0.4 is 5.32 Å². The lowest BCUT2D eigenvalue weighted by Gasteiger charge is -2.35. The van der Waals surface area contributed by atoms with Crippen LogP contribution in [0.25, 0.3) is 0 Å². The predicted molar refractivity (Wildman–Crippen MR) is 46.9 cm³/mol. The largest absolute Gasteiger partial charge is 0.381 e. The number of piperidine rings is 1. The molecule has 0 aromatic carbocycles. The van der Waals surface area contributed by atoms with E-state index in [0.29, 0.717) is 12.2 Å². The molecule has 3 nitrogen and oxygen atoms in total. The van der Waals surface area contributed by atoms with E-state index in [4.69, 9.17) is 0 Å². The summed E-state index contributed by atoms with van der Waals surface area (Å²) in [6.45, 7) is 4.61. The molecule has 70 valence electrons. The highest BCUT2D eigenvalue weighted by Crippen LogP contribution is 2.21. The molecule has 0 radical (unpaired) electrons. The lowest BCUT2D eigenvalue weighted by Crippen LogP contribution is -2.53. The summed E-state index contributed by atoms with van der Waals surface area (Å²) in [5, 5.41) is 12.8. The zero-order valence-corrected chi connectivity index (χ0v) is 7.71. The fraction of sp³-hybridized carbons (Fsp3) is 0.889. The van der Waals surface area contributed by atoms with Gasteiger partial charge in [0.2, 0.25) is 0 Å². The molecule has 1 fully saturated rings. The van der Waals surface area contributed by atoms with Gasteiger partial charge in [-0.05, 0) is 32.2 Å². The monoisotopic (exact) mass is 171 g/mol. The van der Waals surface area contributed by atoms with E-state index >= 15 is 0 Å².